The van der Waals surface area contributed by atoms with Crippen molar-refractivity contribution in [3.63, 3.8) is 0 Å². The molecule has 14 heavy (non-hydrogen) atoms. The number of nitrogens with one attached hydrogen (secondary N) is 1. The molecule has 1 heterocycles. The van der Waals surface area contributed by atoms with Crippen LogP contribution in [0.15, 0.2) is 0 Å². The van der Waals surface area contributed by atoms with Gasteiger partial charge in [-0.25, -0.2) is 0 Å². The Balaban J connectivity index is 2.62. The Morgan fingerprint density at radius 1 is 1.21 bits per heavy atom. The third-order valence-electron chi connectivity index (χ3n) is 3.52. The van der Waals surface area contributed by atoms with Crippen LogP contribution in [-0.4, -0.2) is 50.3 Å². The van der Waals surface area contributed by atoms with Crippen molar-refractivity contribution < 1.29 is 4.74 Å². The second kappa shape index (κ2) is 5.69. The average molecular weight is 200 g/mol. The van der Waals surface area contributed by atoms with Crippen molar-refractivity contribution in [1.29, 1.82) is 0 Å². The summed E-state index contributed by atoms with van der Waals surface area (Å²) < 4.78 is 5.38. The van der Waals surface area contributed by atoms with E-state index in [9.17, 15) is 0 Å². The van der Waals surface area contributed by atoms with Crippen molar-refractivity contribution in [3.8, 4) is 0 Å². The molecule has 1 N–H and O–H groups in total. The lowest BCUT2D eigenvalue weighted by Gasteiger charge is -2.44. The SMILES string of the molecule is CCC(CC)(COC)N1CCNCC1. The standard InChI is InChI=1S/C11H24N2O/c1-4-11(5-2,10-14-3)13-8-6-12-7-9-13/h12H,4-10H2,1-3H3. The first-order chi connectivity index (χ1) is 6.79. The molecule has 0 aromatic heterocycles. The number of methoxy groups -OCH3 is 1. The van der Waals surface area contributed by atoms with Crippen LogP contribution in [0.2, 0.25) is 0 Å². The van der Waals surface area contributed by atoms with E-state index in [1.165, 1.54) is 12.8 Å². The molecule has 0 aromatic rings. The van der Waals surface area contributed by atoms with Gasteiger partial charge in [-0.15, -0.1) is 0 Å². The van der Waals surface area contributed by atoms with Gasteiger partial charge in [-0.3, -0.25) is 4.90 Å². The fourth-order valence-corrected chi connectivity index (χ4v) is 2.40. The van der Waals surface area contributed by atoms with Gasteiger partial charge in [0.15, 0.2) is 0 Å². The molecule has 0 radical (unpaired) electrons. The first-order valence-corrected chi connectivity index (χ1v) is 5.73. The number of hydrogen-bond acceptors (Lipinski definition) is 3. The smallest absolute Gasteiger partial charge is 0.0646 e. The van der Waals surface area contributed by atoms with Gasteiger partial charge >= 0.3 is 0 Å². The molecule has 1 aliphatic rings. The Labute approximate surface area is 87.8 Å². The molecule has 0 saturated carbocycles. The molecule has 0 unspecified atom stereocenters. The molecular formula is C11H24N2O. The van der Waals surface area contributed by atoms with E-state index >= 15 is 0 Å². The lowest BCUT2D eigenvalue weighted by Crippen LogP contribution is -2.57. The zero-order valence-electron chi connectivity index (χ0n) is 9.81. The van der Waals surface area contributed by atoms with Crippen LogP contribution in [0.25, 0.3) is 0 Å². The largest absolute Gasteiger partial charge is 0.383 e. The van der Waals surface area contributed by atoms with E-state index in [1.807, 2.05) is 7.11 Å². The second-order valence-corrected chi connectivity index (χ2v) is 4.10. The third kappa shape index (κ3) is 2.47. The van der Waals surface area contributed by atoms with Crippen molar-refractivity contribution >= 4 is 0 Å². The van der Waals surface area contributed by atoms with Crippen LogP contribution in [0, 0.1) is 0 Å². The Bertz CT molecular complexity index is 151. The van der Waals surface area contributed by atoms with Crippen LogP contribution in [0.3, 0.4) is 0 Å². The van der Waals surface area contributed by atoms with E-state index in [-0.39, 0.29) is 5.54 Å². The second-order valence-electron chi connectivity index (χ2n) is 4.10. The number of nitrogens with zero attached hydrogens (tertiary/aromatic N) is 1. The Morgan fingerprint density at radius 3 is 2.21 bits per heavy atom. The molecule has 3 heteroatoms. The van der Waals surface area contributed by atoms with Crippen LogP contribution in [-0.2, 0) is 4.74 Å². The van der Waals surface area contributed by atoms with Crippen molar-refractivity contribution in [2.24, 2.45) is 0 Å². The molecule has 1 saturated heterocycles. The van der Waals surface area contributed by atoms with E-state index in [0.29, 0.717) is 0 Å². The molecule has 1 aliphatic heterocycles. The minimum Gasteiger partial charge on any atom is -0.383 e. The van der Waals surface area contributed by atoms with Gasteiger partial charge in [-0.1, -0.05) is 13.8 Å². The monoisotopic (exact) mass is 200 g/mol. The zero-order valence-corrected chi connectivity index (χ0v) is 9.81. The molecule has 0 spiro atoms. The predicted octanol–water partition coefficient (Wildman–Crippen LogP) is 1.10. The maximum Gasteiger partial charge on any atom is 0.0646 e. The molecular weight excluding hydrogens is 176 g/mol. The Hall–Kier alpha value is -0.120. The first kappa shape index (κ1) is 12.0. The molecule has 0 atom stereocenters. The number of piperazine rings is 1. The summed E-state index contributed by atoms with van der Waals surface area (Å²) in [7, 11) is 1.81. The Morgan fingerprint density at radius 2 is 1.79 bits per heavy atom. The summed E-state index contributed by atoms with van der Waals surface area (Å²) in [6, 6.07) is 0. The topological polar surface area (TPSA) is 24.5 Å². The van der Waals surface area contributed by atoms with E-state index in [4.69, 9.17) is 4.74 Å². The third-order valence-corrected chi connectivity index (χ3v) is 3.52. The average Bonchev–Trinajstić information content (AvgIpc) is 2.27. The highest BCUT2D eigenvalue weighted by atomic mass is 16.5. The van der Waals surface area contributed by atoms with E-state index in [1.54, 1.807) is 0 Å². The van der Waals surface area contributed by atoms with E-state index < -0.39 is 0 Å². The highest BCUT2D eigenvalue weighted by Gasteiger charge is 2.33. The summed E-state index contributed by atoms with van der Waals surface area (Å²) in [4.78, 5) is 2.59. The normalized spacial score (nSPS) is 19.9. The lowest BCUT2D eigenvalue weighted by atomic mass is 9.91. The summed E-state index contributed by atoms with van der Waals surface area (Å²) in [5.41, 5.74) is 0.275. The molecule has 0 aliphatic carbocycles. The van der Waals surface area contributed by atoms with E-state index in [0.717, 1.165) is 32.8 Å². The minimum absolute atomic E-state index is 0.275. The summed E-state index contributed by atoms with van der Waals surface area (Å²) in [6.07, 6.45) is 2.36. The van der Waals surface area contributed by atoms with Gasteiger partial charge in [0.1, 0.15) is 0 Å². The van der Waals surface area contributed by atoms with Crippen LogP contribution < -0.4 is 5.32 Å². The highest BCUT2D eigenvalue weighted by molar-refractivity contribution is 4.90. The molecule has 0 amide bonds. The number of rotatable bonds is 5. The summed E-state index contributed by atoms with van der Waals surface area (Å²) >= 11 is 0. The van der Waals surface area contributed by atoms with Gasteiger partial charge in [0.25, 0.3) is 0 Å². The molecule has 0 bridgehead atoms. The summed E-state index contributed by atoms with van der Waals surface area (Å²) in [5.74, 6) is 0. The van der Waals surface area contributed by atoms with Gasteiger partial charge in [-0.05, 0) is 12.8 Å². The zero-order chi connectivity index (χ0) is 10.4. The summed E-state index contributed by atoms with van der Waals surface area (Å²) in [6.45, 7) is 9.95. The van der Waals surface area contributed by atoms with Gasteiger partial charge in [0.2, 0.25) is 0 Å². The van der Waals surface area contributed by atoms with Crippen LogP contribution in [0.1, 0.15) is 26.7 Å². The first-order valence-electron chi connectivity index (χ1n) is 5.73. The maximum absolute atomic E-state index is 5.38. The summed E-state index contributed by atoms with van der Waals surface area (Å²) in [5, 5.41) is 3.39. The van der Waals surface area contributed by atoms with Crippen LogP contribution in [0.5, 0.6) is 0 Å². The molecule has 1 fully saturated rings. The Kier molecular flexibility index (Phi) is 4.85. The quantitative estimate of drug-likeness (QED) is 0.719. The maximum atomic E-state index is 5.38. The van der Waals surface area contributed by atoms with Gasteiger partial charge in [-0.2, -0.15) is 0 Å². The van der Waals surface area contributed by atoms with Crippen molar-refractivity contribution in [2.45, 2.75) is 32.2 Å². The fraction of sp³-hybridized carbons (Fsp3) is 1.00. The molecule has 84 valence electrons. The van der Waals surface area contributed by atoms with E-state index in [2.05, 4.69) is 24.1 Å². The number of hydrogen-bond donors (Lipinski definition) is 1. The molecule has 3 nitrogen and oxygen atoms in total. The van der Waals surface area contributed by atoms with Crippen LogP contribution in [0.4, 0.5) is 0 Å². The number of ether oxygens (including phenoxy) is 1. The molecule has 1 rings (SSSR count). The van der Waals surface area contributed by atoms with Crippen molar-refractivity contribution in [3.05, 3.63) is 0 Å². The highest BCUT2D eigenvalue weighted by Crippen LogP contribution is 2.24. The van der Waals surface area contributed by atoms with Gasteiger partial charge in [0, 0.05) is 38.8 Å². The fourth-order valence-electron chi connectivity index (χ4n) is 2.40. The van der Waals surface area contributed by atoms with Gasteiger partial charge in [0.05, 0.1) is 6.61 Å². The minimum atomic E-state index is 0.275. The molecule has 0 aromatic carbocycles. The van der Waals surface area contributed by atoms with Crippen LogP contribution >= 0.6 is 0 Å². The predicted molar refractivity (Wildman–Crippen MR) is 59.6 cm³/mol. The van der Waals surface area contributed by atoms with Crippen molar-refractivity contribution in [1.82, 2.24) is 10.2 Å². The van der Waals surface area contributed by atoms with Crippen molar-refractivity contribution in [2.75, 3.05) is 39.9 Å². The lowest BCUT2D eigenvalue weighted by molar-refractivity contribution is -0.00342. The van der Waals surface area contributed by atoms with Gasteiger partial charge < -0.3 is 10.1 Å².